The first-order chi connectivity index (χ1) is 14.0. The zero-order valence-electron chi connectivity index (χ0n) is 18.6. The van der Waals surface area contributed by atoms with Crippen molar-refractivity contribution in [2.24, 2.45) is 4.99 Å². The molecule has 2 aliphatic heterocycles. The molecule has 0 spiro atoms. The summed E-state index contributed by atoms with van der Waals surface area (Å²) in [4.78, 5) is 6.57. The minimum Gasteiger partial charge on any atom is -0.347 e. The van der Waals surface area contributed by atoms with E-state index >= 15 is 0 Å². The van der Waals surface area contributed by atoms with Gasteiger partial charge in [-0.15, -0.1) is 10.2 Å². The fourth-order valence-corrected chi connectivity index (χ4v) is 5.69. The maximum Gasteiger partial charge on any atom is 0.208 e. The van der Waals surface area contributed by atoms with Crippen molar-refractivity contribution in [2.45, 2.75) is 64.6 Å². The number of nitrogens with one attached hydrogen (secondary N) is 1. The van der Waals surface area contributed by atoms with Crippen LogP contribution in [0.1, 0.15) is 53.0 Å². The minimum atomic E-state index is -0.271. The molecule has 2 aliphatic rings. The monoisotopic (exact) mass is 427 g/mol. The Bertz CT molecular complexity index is 1000. The highest BCUT2D eigenvalue weighted by Crippen LogP contribution is 2.36. The van der Waals surface area contributed by atoms with Crippen molar-refractivity contribution in [3.8, 4) is 10.6 Å². The van der Waals surface area contributed by atoms with E-state index in [4.69, 9.17) is 0 Å². The van der Waals surface area contributed by atoms with Crippen LogP contribution < -0.4 is 10.2 Å². The first-order valence-electron chi connectivity index (χ1n) is 10.4. The highest BCUT2D eigenvalue weighted by molar-refractivity contribution is 7.18. The predicted molar refractivity (Wildman–Crippen MR) is 124 cm³/mol. The van der Waals surface area contributed by atoms with Gasteiger partial charge in [0.05, 0.1) is 6.54 Å². The fourth-order valence-electron chi connectivity index (χ4n) is 4.78. The van der Waals surface area contributed by atoms with Gasteiger partial charge >= 0.3 is 0 Å². The average Bonchev–Trinajstić information content (AvgIpc) is 3.27. The quantitative estimate of drug-likeness (QED) is 0.750. The van der Waals surface area contributed by atoms with Crippen LogP contribution in [-0.4, -0.2) is 46.6 Å². The number of halogens is 1. The molecule has 5 nitrogen and oxygen atoms in total. The molecule has 0 bridgehead atoms. The Hall–Kier alpha value is -2.12. The third-order valence-electron chi connectivity index (χ3n) is 5.88. The Balaban J connectivity index is 1.55. The van der Waals surface area contributed by atoms with Crippen LogP contribution in [-0.2, 0) is 0 Å². The number of aromatic nitrogens is 2. The normalized spacial score (nSPS) is 20.8. The summed E-state index contributed by atoms with van der Waals surface area (Å²) >= 11 is 1.45. The van der Waals surface area contributed by atoms with E-state index < -0.39 is 0 Å². The molecule has 2 aromatic rings. The average molecular weight is 428 g/mol. The number of benzene rings is 1. The molecule has 4 rings (SSSR count). The molecule has 0 saturated carbocycles. The van der Waals surface area contributed by atoms with E-state index in [9.17, 15) is 4.39 Å². The maximum atomic E-state index is 14.9. The number of piperidine rings is 1. The Morgan fingerprint density at radius 2 is 1.83 bits per heavy atom. The van der Waals surface area contributed by atoms with Gasteiger partial charge in [0.15, 0.2) is 5.01 Å². The van der Waals surface area contributed by atoms with Gasteiger partial charge in [-0.1, -0.05) is 17.4 Å². The second kappa shape index (κ2) is 7.54. The van der Waals surface area contributed by atoms with Crippen molar-refractivity contribution in [3.63, 3.8) is 0 Å². The summed E-state index contributed by atoms with van der Waals surface area (Å²) in [5.41, 5.74) is 3.50. The lowest BCUT2D eigenvalue weighted by Gasteiger charge is -2.48. The number of allylic oxidation sites excluding steroid dienone is 1. The molecular weight excluding hydrogens is 397 g/mol. The Labute approximate surface area is 182 Å². The zero-order valence-corrected chi connectivity index (χ0v) is 19.4. The van der Waals surface area contributed by atoms with E-state index in [1.165, 1.54) is 11.3 Å². The Morgan fingerprint density at radius 1 is 1.13 bits per heavy atom. The third kappa shape index (κ3) is 4.32. The second-order valence-corrected chi connectivity index (χ2v) is 10.7. The number of nitrogens with zero attached hydrogens (tertiary/aromatic N) is 4. The summed E-state index contributed by atoms with van der Waals surface area (Å²) in [6, 6.07) is 5.68. The lowest BCUT2D eigenvalue weighted by Crippen LogP contribution is -2.61. The topological polar surface area (TPSA) is 53.4 Å². The smallest absolute Gasteiger partial charge is 0.208 e. The van der Waals surface area contributed by atoms with E-state index in [0.29, 0.717) is 23.2 Å². The van der Waals surface area contributed by atoms with Crippen LogP contribution in [0.15, 0.2) is 29.3 Å². The van der Waals surface area contributed by atoms with E-state index in [-0.39, 0.29) is 16.9 Å². The number of anilines is 1. The van der Waals surface area contributed by atoms with Gasteiger partial charge in [-0.25, -0.2) is 4.39 Å². The van der Waals surface area contributed by atoms with E-state index in [0.717, 1.165) is 34.8 Å². The summed E-state index contributed by atoms with van der Waals surface area (Å²) in [5.74, 6) is -0.271. The molecule has 1 saturated heterocycles. The summed E-state index contributed by atoms with van der Waals surface area (Å²) in [5, 5.41) is 13.9. The highest BCUT2D eigenvalue weighted by Gasteiger charge is 2.39. The molecule has 7 heteroatoms. The third-order valence-corrected chi connectivity index (χ3v) is 6.93. The molecular formula is C23H30FN5S. The molecule has 0 radical (unpaired) electrons. The summed E-state index contributed by atoms with van der Waals surface area (Å²) in [6.45, 7) is 11.5. The van der Waals surface area contributed by atoms with Crippen LogP contribution in [0.3, 0.4) is 0 Å². The summed E-state index contributed by atoms with van der Waals surface area (Å²) in [6.07, 6.45) is 4.04. The molecule has 160 valence electrons. The minimum absolute atomic E-state index is 0.0487. The maximum absolute atomic E-state index is 14.9. The number of aliphatic imine (C=N–C) groups is 1. The van der Waals surface area contributed by atoms with Crippen molar-refractivity contribution >= 4 is 27.8 Å². The summed E-state index contributed by atoms with van der Waals surface area (Å²) in [7, 11) is 2.07. The van der Waals surface area contributed by atoms with Gasteiger partial charge in [-0.2, -0.15) is 0 Å². The van der Waals surface area contributed by atoms with E-state index in [1.54, 1.807) is 12.1 Å². The van der Waals surface area contributed by atoms with Crippen molar-refractivity contribution in [3.05, 3.63) is 35.7 Å². The SMILES string of the molecule is CC1=NCC(c2ccc(-c3nnc(N(C)C4CC(C)(C)NC(C)(C)C4)s3)c(F)c2)=C1. The Morgan fingerprint density at radius 3 is 2.43 bits per heavy atom. The lowest BCUT2D eigenvalue weighted by molar-refractivity contribution is 0.161. The number of rotatable bonds is 4. The van der Waals surface area contributed by atoms with Gasteiger partial charge in [0.25, 0.3) is 0 Å². The van der Waals surface area contributed by atoms with Gasteiger partial charge in [-0.3, -0.25) is 4.99 Å². The number of hydrogen-bond donors (Lipinski definition) is 1. The van der Waals surface area contributed by atoms with Crippen LogP contribution in [0.25, 0.3) is 16.1 Å². The van der Waals surface area contributed by atoms with Gasteiger partial charge < -0.3 is 10.2 Å². The molecule has 0 atom stereocenters. The molecule has 1 aromatic carbocycles. The van der Waals surface area contributed by atoms with Crippen LogP contribution in [0, 0.1) is 5.82 Å². The predicted octanol–water partition coefficient (Wildman–Crippen LogP) is 4.95. The molecule has 30 heavy (non-hydrogen) atoms. The van der Waals surface area contributed by atoms with Crippen LogP contribution in [0.2, 0.25) is 0 Å². The first kappa shape index (κ1) is 21.1. The standard InChI is InChI=1S/C23H30FN5S/c1-14-9-16(13-25-14)15-7-8-18(19(24)10-15)20-26-27-21(30-20)29(6)17-11-22(2,3)28-23(4,5)12-17/h7-10,17,28H,11-13H2,1-6H3. The largest absolute Gasteiger partial charge is 0.347 e. The van der Waals surface area contributed by atoms with Gasteiger partial charge in [0.1, 0.15) is 5.82 Å². The molecule has 1 aromatic heterocycles. The molecule has 0 aliphatic carbocycles. The van der Waals surface area contributed by atoms with Gasteiger partial charge in [-0.05, 0) is 76.8 Å². The lowest BCUT2D eigenvalue weighted by atomic mass is 9.79. The van der Waals surface area contributed by atoms with Gasteiger partial charge in [0, 0.05) is 35.4 Å². The van der Waals surface area contributed by atoms with E-state index in [1.807, 2.05) is 19.1 Å². The van der Waals surface area contributed by atoms with Crippen molar-refractivity contribution in [1.29, 1.82) is 0 Å². The molecule has 3 heterocycles. The van der Waals surface area contributed by atoms with E-state index in [2.05, 4.69) is 60.1 Å². The van der Waals surface area contributed by atoms with Crippen molar-refractivity contribution in [1.82, 2.24) is 15.5 Å². The molecule has 1 N–H and O–H groups in total. The highest BCUT2D eigenvalue weighted by atomic mass is 32.1. The number of hydrogen-bond acceptors (Lipinski definition) is 6. The zero-order chi connectivity index (χ0) is 21.7. The van der Waals surface area contributed by atoms with Gasteiger partial charge in [0.2, 0.25) is 5.13 Å². The Kier molecular flexibility index (Phi) is 5.31. The van der Waals surface area contributed by atoms with Crippen LogP contribution >= 0.6 is 11.3 Å². The van der Waals surface area contributed by atoms with Crippen molar-refractivity contribution < 1.29 is 4.39 Å². The molecule has 1 fully saturated rings. The summed E-state index contributed by atoms with van der Waals surface area (Å²) < 4.78 is 14.9. The fraction of sp³-hybridized carbons (Fsp3) is 0.522. The first-order valence-corrected chi connectivity index (χ1v) is 11.2. The van der Waals surface area contributed by atoms with Crippen LogP contribution in [0.5, 0.6) is 0 Å². The van der Waals surface area contributed by atoms with Crippen molar-refractivity contribution in [2.75, 3.05) is 18.5 Å². The van der Waals surface area contributed by atoms with Crippen LogP contribution in [0.4, 0.5) is 9.52 Å². The second-order valence-electron chi connectivity index (χ2n) is 9.78. The molecule has 0 amide bonds. The molecule has 0 unspecified atom stereocenters.